The SMILES string of the molecule is CCNC(=NCC(=O)Nc1cccc(F)c1)NCc1cccs1.I. The number of guanidine groups is 1. The molecule has 0 aliphatic rings. The van der Waals surface area contributed by atoms with Gasteiger partial charge >= 0.3 is 0 Å². The van der Waals surface area contributed by atoms with Crippen LogP contribution in [0.15, 0.2) is 46.8 Å². The molecule has 0 spiro atoms. The van der Waals surface area contributed by atoms with Crippen molar-refractivity contribution in [3.63, 3.8) is 0 Å². The van der Waals surface area contributed by atoms with Crippen molar-refractivity contribution in [1.82, 2.24) is 10.6 Å². The van der Waals surface area contributed by atoms with Crippen molar-refractivity contribution in [2.45, 2.75) is 13.5 Å². The molecule has 0 fully saturated rings. The molecule has 0 saturated carbocycles. The van der Waals surface area contributed by atoms with Crippen molar-refractivity contribution < 1.29 is 9.18 Å². The third-order valence-electron chi connectivity index (χ3n) is 2.84. The highest BCUT2D eigenvalue weighted by Crippen LogP contribution is 2.09. The van der Waals surface area contributed by atoms with Gasteiger partial charge in [-0.05, 0) is 36.6 Å². The maximum atomic E-state index is 13.1. The number of hydrogen-bond acceptors (Lipinski definition) is 3. The van der Waals surface area contributed by atoms with Crippen LogP contribution in [0.4, 0.5) is 10.1 Å². The first-order chi connectivity index (χ1) is 11.2. The minimum absolute atomic E-state index is 0. The molecule has 1 aromatic carbocycles. The van der Waals surface area contributed by atoms with Gasteiger partial charge in [-0.15, -0.1) is 35.3 Å². The molecule has 130 valence electrons. The Hall–Kier alpha value is -1.68. The van der Waals surface area contributed by atoms with Crippen LogP contribution >= 0.6 is 35.3 Å². The molecule has 2 rings (SSSR count). The van der Waals surface area contributed by atoms with E-state index in [9.17, 15) is 9.18 Å². The summed E-state index contributed by atoms with van der Waals surface area (Å²) in [6.07, 6.45) is 0. The molecule has 1 heterocycles. The Morgan fingerprint density at radius 3 is 2.75 bits per heavy atom. The van der Waals surface area contributed by atoms with Crippen molar-refractivity contribution in [1.29, 1.82) is 0 Å². The molecule has 5 nitrogen and oxygen atoms in total. The van der Waals surface area contributed by atoms with Crippen LogP contribution in [-0.4, -0.2) is 25.0 Å². The first kappa shape index (κ1) is 20.4. The molecule has 2 aromatic rings. The van der Waals surface area contributed by atoms with Crippen LogP contribution in [0.1, 0.15) is 11.8 Å². The fourth-order valence-corrected chi connectivity index (χ4v) is 2.49. The maximum absolute atomic E-state index is 13.1. The number of rotatable bonds is 6. The minimum Gasteiger partial charge on any atom is -0.357 e. The molecule has 1 amide bonds. The average molecular weight is 462 g/mol. The molecule has 0 unspecified atom stereocenters. The quantitative estimate of drug-likeness (QED) is 0.351. The summed E-state index contributed by atoms with van der Waals surface area (Å²) >= 11 is 1.65. The molecular weight excluding hydrogens is 442 g/mol. The molecule has 1 aromatic heterocycles. The van der Waals surface area contributed by atoms with E-state index in [1.165, 1.54) is 17.0 Å². The fourth-order valence-electron chi connectivity index (χ4n) is 1.84. The van der Waals surface area contributed by atoms with E-state index in [1.54, 1.807) is 23.5 Å². The molecule has 24 heavy (non-hydrogen) atoms. The zero-order valence-electron chi connectivity index (χ0n) is 13.2. The number of carbonyl (C=O) groups excluding carboxylic acids is 1. The first-order valence-corrected chi connectivity index (χ1v) is 8.15. The van der Waals surface area contributed by atoms with E-state index in [4.69, 9.17) is 0 Å². The summed E-state index contributed by atoms with van der Waals surface area (Å²) in [6.45, 7) is 3.25. The lowest BCUT2D eigenvalue weighted by molar-refractivity contribution is -0.114. The molecule has 3 N–H and O–H groups in total. The number of nitrogens with zero attached hydrogens (tertiary/aromatic N) is 1. The number of hydrogen-bond donors (Lipinski definition) is 3. The molecule has 0 radical (unpaired) electrons. The van der Waals surface area contributed by atoms with Gasteiger partial charge in [0.25, 0.3) is 0 Å². The highest BCUT2D eigenvalue weighted by molar-refractivity contribution is 14.0. The maximum Gasteiger partial charge on any atom is 0.246 e. The van der Waals surface area contributed by atoms with Crippen LogP contribution in [0.5, 0.6) is 0 Å². The van der Waals surface area contributed by atoms with E-state index in [0.29, 0.717) is 24.7 Å². The minimum atomic E-state index is -0.391. The highest BCUT2D eigenvalue weighted by atomic mass is 127. The predicted molar refractivity (Wildman–Crippen MR) is 108 cm³/mol. The normalized spacial score (nSPS) is 10.7. The summed E-state index contributed by atoms with van der Waals surface area (Å²) in [5, 5.41) is 10.9. The van der Waals surface area contributed by atoms with Crippen molar-refractivity contribution in [3.05, 3.63) is 52.5 Å². The molecule has 0 aliphatic carbocycles. The topological polar surface area (TPSA) is 65.5 Å². The van der Waals surface area contributed by atoms with Crippen molar-refractivity contribution in [2.24, 2.45) is 4.99 Å². The second kappa shape index (κ2) is 11.0. The third kappa shape index (κ3) is 7.26. The monoisotopic (exact) mass is 462 g/mol. The Bertz CT molecular complexity index is 664. The number of carbonyl (C=O) groups is 1. The van der Waals surface area contributed by atoms with Gasteiger partial charge in [0.05, 0.1) is 6.54 Å². The van der Waals surface area contributed by atoms with Crippen molar-refractivity contribution in [2.75, 3.05) is 18.4 Å². The van der Waals surface area contributed by atoms with Gasteiger partial charge in [0.15, 0.2) is 5.96 Å². The van der Waals surface area contributed by atoms with Crippen molar-refractivity contribution in [3.8, 4) is 0 Å². The summed E-state index contributed by atoms with van der Waals surface area (Å²) in [5.74, 6) is -0.128. The molecule has 0 atom stereocenters. The molecule has 0 saturated heterocycles. The number of aliphatic imine (C=N–C) groups is 1. The summed E-state index contributed by atoms with van der Waals surface area (Å²) in [5.41, 5.74) is 0.418. The largest absolute Gasteiger partial charge is 0.357 e. The highest BCUT2D eigenvalue weighted by Gasteiger charge is 2.04. The Morgan fingerprint density at radius 1 is 1.25 bits per heavy atom. The number of halogens is 2. The molecule has 0 bridgehead atoms. The standard InChI is InChI=1S/C16H19FN4OS.HI/c1-2-18-16(19-10-14-7-4-8-23-14)20-11-15(22)21-13-6-3-5-12(17)9-13;/h3-9H,2,10-11H2,1H3,(H,21,22)(H2,18,19,20);1H. The smallest absolute Gasteiger partial charge is 0.246 e. The number of amides is 1. The van der Waals surface area contributed by atoms with Gasteiger partial charge < -0.3 is 16.0 Å². The lowest BCUT2D eigenvalue weighted by atomic mass is 10.3. The van der Waals surface area contributed by atoms with E-state index in [-0.39, 0.29) is 36.4 Å². The van der Waals surface area contributed by atoms with E-state index in [1.807, 2.05) is 24.4 Å². The van der Waals surface area contributed by atoms with Gasteiger partial charge in [-0.1, -0.05) is 12.1 Å². The van der Waals surface area contributed by atoms with Gasteiger partial charge in [-0.25, -0.2) is 9.38 Å². The van der Waals surface area contributed by atoms with Gasteiger partial charge in [-0.2, -0.15) is 0 Å². The molecular formula is C16H20FIN4OS. The van der Waals surface area contributed by atoms with Crippen LogP contribution in [0, 0.1) is 5.82 Å². The first-order valence-electron chi connectivity index (χ1n) is 7.27. The van der Waals surface area contributed by atoms with E-state index in [2.05, 4.69) is 20.9 Å². The lowest BCUT2D eigenvalue weighted by Crippen LogP contribution is -2.37. The summed E-state index contributed by atoms with van der Waals surface area (Å²) in [4.78, 5) is 17.3. The molecule has 8 heteroatoms. The number of anilines is 1. The predicted octanol–water partition coefficient (Wildman–Crippen LogP) is 3.20. The Kier molecular flexibility index (Phi) is 9.31. The van der Waals surface area contributed by atoms with Crippen LogP contribution in [-0.2, 0) is 11.3 Å². The average Bonchev–Trinajstić information content (AvgIpc) is 3.03. The third-order valence-corrected chi connectivity index (χ3v) is 3.72. The number of nitrogens with one attached hydrogen (secondary N) is 3. The van der Waals surface area contributed by atoms with Gasteiger partial charge in [0, 0.05) is 17.1 Å². The lowest BCUT2D eigenvalue weighted by Gasteiger charge is -2.10. The number of benzene rings is 1. The summed E-state index contributed by atoms with van der Waals surface area (Å²) in [7, 11) is 0. The second-order valence-corrected chi connectivity index (χ2v) is 5.72. The van der Waals surface area contributed by atoms with Gasteiger partial charge in [0.2, 0.25) is 5.91 Å². The summed E-state index contributed by atoms with van der Waals surface area (Å²) < 4.78 is 13.1. The van der Waals surface area contributed by atoms with Crippen LogP contribution < -0.4 is 16.0 Å². The van der Waals surface area contributed by atoms with Crippen LogP contribution in [0.3, 0.4) is 0 Å². The Labute approximate surface area is 161 Å². The zero-order chi connectivity index (χ0) is 16.5. The Morgan fingerprint density at radius 2 is 2.08 bits per heavy atom. The van der Waals surface area contributed by atoms with E-state index in [0.717, 1.165) is 0 Å². The van der Waals surface area contributed by atoms with E-state index < -0.39 is 5.82 Å². The van der Waals surface area contributed by atoms with Gasteiger partial charge in [-0.3, -0.25) is 4.79 Å². The number of thiophene rings is 1. The Balaban J connectivity index is 0.00000288. The fraction of sp³-hybridized carbons (Fsp3) is 0.250. The van der Waals surface area contributed by atoms with Crippen LogP contribution in [0.25, 0.3) is 0 Å². The van der Waals surface area contributed by atoms with E-state index >= 15 is 0 Å². The van der Waals surface area contributed by atoms with Gasteiger partial charge in [0.1, 0.15) is 12.4 Å². The zero-order valence-corrected chi connectivity index (χ0v) is 16.4. The van der Waals surface area contributed by atoms with Crippen LogP contribution in [0.2, 0.25) is 0 Å². The molecule has 0 aliphatic heterocycles. The summed E-state index contributed by atoms with van der Waals surface area (Å²) in [6, 6.07) is 9.77. The second-order valence-electron chi connectivity index (χ2n) is 4.69. The van der Waals surface area contributed by atoms with Crippen molar-refractivity contribution >= 4 is 52.9 Å².